The maximum atomic E-state index is 12.1. The Labute approximate surface area is 95.2 Å². The fourth-order valence-electron chi connectivity index (χ4n) is 2.12. The predicted molar refractivity (Wildman–Crippen MR) is 58.4 cm³/mol. The molecule has 0 aromatic heterocycles. The van der Waals surface area contributed by atoms with Crippen molar-refractivity contribution in [2.45, 2.75) is 51.4 Å². The Bertz CT molecular complexity index is 206. The molecule has 0 saturated carbocycles. The zero-order chi connectivity index (χ0) is 12.2. The highest BCUT2D eigenvalue weighted by Gasteiger charge is 2.31. The van der Waals surface area contributed by atoms with Crippen molar-refractivity contribution < 1.29 is 13.2 Å². The first kappa shape index (κ1) is 13.8. The molecule has 0 spiro atoms. The SMILES string of the molecule is CCCC1CN(CCC(F)(F)F)C(C)CN1. The number of alkyl halides is 3. The number of hydrogen-bond acceptors (Lipinski definition) is 2. The first-order valence-corrected chi connectivity index (χ1v) is 5.96. The van der Waals surface area contributed by atoms with E-state index in [0.717, 1.165) is 25.9 Å². The first-order chi connectivity index (χ1) is 7.42. The average Bonchev–Trinajstić information content (AvgIpc) is 2.18. The van der Waals surface area contributed by atoms with Crippen molar-refractivity contribution in [2.24, 2.45) is 0 Å². The van der Waals surface area contributed by atoms with Crippen molar-refractivity contribution in [2.75, 3.05) is 19.6 Å². The van der Waals surface area contributed by atoms with Gasteiger partial charge in [0.2, 0.25) is 0 Å². The Morgan fingerprint density at radius 3 is 2.62 bits per heavy atom. The van der Waals surface area contributed by atoms with E-state index < -0.39 is 12.6 Å². The van der Waals surface area contributed by atoms with Crippen molar-refractivity contribution in [3.05, 3.63) is 0 Å². The van der Waals surface area contributed by atoms with Crippen molar-refractivity contribution in [3.8, 4) is 0 Å². The Balaban J connectivity index is 2.37. The summed E-state index contributed by atoms with van der Waals surface area (Å²) in [7, 11) is 0. The minimum Gasteiger partial charge on any atom is -0.311 e. The highest BCUT2D eigenvalue weighted by atomic mass is 19.4. The monoisotopic (exact) mass is 238 g/mol. The van der Waals surface area contributed by atoms with Crippen LogP contribution in [0.25, 0.3) is 0 Å². The topological polar surface area (TPSA) is 15.3 Å². The van der Waals surface area contributed by atoms with Gasteiger partial charge in [0.25, 0.3) is 0 Å². The van der Waals surface area contributed by atoms with Crippen molar-refractivity contribution >= 4 is 0 Å². The molecule has 16 heavy (non-hydrogen) atoms. The maximum Gasteiger partial charge on any atom is 0.390 e. The third-order valence-corrected chi connectivity index (χ3v) is 3.10. The highest BCUT2D eigenvalue weighted by molar-refractivity contribution is 4.83. The van der Waals surface area contributed by atoms with Gasteiger partial charge in [-0.05, 0) is 13.3 Å². The number of hydrogen-bond donors (Lipinski definition) is 1. The number of piperazine rings is 1. The molecule has 96 valence electrons. The molecule has 1 fully saturated rings. The normalized spacial score (nSPS) is 28.3. The third kappa shape index (κ3) is 4.70. The fraction of sp³-hybridized carbons (Fsp3) is 1.00. The predicted octanol–water partition coefficient (Wildman–Crippen LogP) is 2.40. The van der Waals surface area contributed by atoms with E-state index >= 15 is 0 Å². The molecule has 1 aliphatic rings. The lowest BCUT2D eigenvalue weighted by molar-refractivity contribution is -0.139. The lowest BCUT2D eigenvalue weighted by Crippen LogP contribution is -2.55. The molecular weight excluding hydrogens is 217 g/mol. The number of halogens is 3. The second-order valence-corrected chi connectivity index (χ2v) is 4.60. The summed E-state index contributed by atoms with van der Waals surface area (Å²) in [4.78, 5) is 1.95. The lowest BCUT2D eigenvalue weighted by Gasteiger charge is -2.39. The Hall–Kier alpha value is -0.290. The van der Waals surface area contributed by atoms with Crippen molar-refractivity contribution in [3.63, 3.8) is 0 Å². The molecule has 2 atom stereocenters. The third-order valence-electron chi connectivity index (χ3n) is 3.10. The van der Waals surface area contributed by atoms with Gasteiger partial charge in [0.15, 0.2) is 0 Å². The van der Waals surface area contributed by atoms with Gasteiger partial charge in [-0.2, -0.15) is 13.2 Å². The van der Waals surface area contributed by atoms with Gasteiger partial charge >= 0.3 is 6.18 Å². The van der Waals surface area contributed by atoms with Crippen LogP contribution >= 0.6 is 0 Å². The first-order valence-electron chi connectivity index (χ1n) is 5.96. The molecule has 1 aliphatic heterocycles. The molecule has 0 radical (unpaired) electrons. The quantitative estimate of drug-likeness (QED) is 0.809. The average molecular weight is 238 g/mol. The summed E-state index contributed by atoms with van der Waals surface area (Å²) in [5, 5.41) is 3.37. The molecule has 0 aromatic carbocycles. The number of rotatable bonds is 4. The molecule has 5 heteroatoms. The van der Waals surface area contributed by atoms with E-state index in [-0.39, 0.29) is 12.6 Å². The summed E-state index contributed by atoms with van der Waals surface area (Å²) in [6.45, 7) is 5.74. The van der Waals surface area contributed by atoms with Crippen LogP contribution in [0.3, 0.4) is 0 Å². The van der Waals surface area contributed by atoms with E-state index in [9.17, 15) is 13.2 Å². The summed E-state index contributed by atoms with van der Waals surface area (Å²) in [5.41, 5.74) is 0. The van der Waals surface area contributed by atoms with Gasteiger partial charge in [-0.25, -0.2) is 0 Å². The largest absolute Gasteiger partial charge is 0.390 e. The molecule has 0 aromatic rings. The molecule has 2 unspecified atom stereocenters. The van der Waals surface area contributed by atoms with Gasteiger partial charge < -0.3 is 5.32 Å². The van der Waals surface area contributed by atoms with Gasteiger partial charge in [0, 0.05) is 31.7 Å². The van der Waals surface area contributed by atoms with Crippen LogP contribution in [0, 0.1) is 0 Å². The van der Waals surface area contributed by atoms with E-state index in [1.807, 2.05) is 11.8 Å². The van der Waals surface area contributed by atoms with Gasteiger partial charge in [-0.15, -0.1) is 0 Å². The highest BCUT2D eigenvalue weighted by Crippen LogP contribution is 2.21. The van der Waals surface area contributed by atoms with Crippen LogP contribution in [-0.2, 0) is 0 Å². The van der Waals surface area contributed by atoms with E-state index in [0.29, 0.717) is 6.04 Å². The van der Waals surface area contributed by atoms with Gasteiger partial charge in [0.05, 0.1) is 6.42 Å². The molecule has 1 N–H and O–H groups in total. The Morgan fingerprint density at radius 1 is 1.38 bits per heavy atom. The summed E-state index contributed by atoms with van der Waals surface area (Å²) in [6.07, 6.45) is -2.63. The summed E-state index contributed by atoms with van der Waals surface area (Å²) in [5.74, 6) is 0. The van der Waals surface area contributed by atoms with Crippen LogP contribution in [0.4, 0.5) is 13.2 Å². The molecule has 0 aliphatic carbocycles. The minimum absolute atomic E-state index is 0.132. The smallest absolute Gasteiger partial charge is 0.311 e. The molecule has 0 bridgehead atoms. The van der Waals surface area contributed by atoms with E-state index in [4.69, 9.17) is 0 Å². The second kappa shape index (κ2) is 5.87. The molecule has 1 saturated heterocycles. The minimum atomic E-state index is -4.04. The lowest BCUT2D eigenvalue weighted by atomic mass is 10.1. The van der Waals surface area contributed by atoms with Crippen molar-refractivity contribution in [1.82, 2.24) is 10.2 Å². The molecular formula is C11H21F3N2. The van der Waals surface area contributed by atoms with E-state index in [2.05, 4.69) is 12.2 Å². The van der Waals surface area contributed by atoms with Crippen LogP contribution in [-0.4, -0.2) is 42.8 Å². The van der Waals surface area contributed by atoms with Crippen molar-refractivity contribution in [1.29, 1.82) is 0 Å². The number of nitrogens with zero attached hydrogens (tertiary/aromatic N) is 1. The summed E-state index contributed by atoms with van der Waals surface area (Å²) >= 11 is 0. The summed E-state index contributed by atoms with van der Waals surface area (Å²) < 4.78 is 36.4. The standard InChI is InChI=1S/C11H21F3N2/c1-3-4-10-8-16(9(2)7-15-10)6-5-11(12,13)14/h9-10,15H,3-8H2,1-2H3. The van der Waals surface area contributed by atoms with Crippen LogP contribution in [0.15, 0.2) is 0 Å². The van der Waals surface area contributed by atoms with Crippen LogP contribution in [0.5, 0.6) is 0 Å². The summed E-state index contributed by atoms with van der Waals surface area (Å²) in [6, 6.07) is 0.560. The second-order valence-electron chi connectivity index (χ2n) is 4.60. The van der Waals surface area contributed by atoms with Crippen LogP contribution < -0.4 is 5.32 Å². The Morgan fingerprint density at radius 2 is 2.06 bits per heavy atom. The van der Waals surface area contributed by atoms with Gasteiger partial charge in [-0.1, -0.05) is 13.3 Å². The molecule has 1 rings (SSSR count). The zero-order valence-corrected chi connectivity index (χ0v) is 9.98. The van der Waals surface area contributed by atoms with Crippen LogP contribution in [0.2, 0.25) is 0 Å². The maximum absolute atomic E-state index is 12.1. The molecule has 0 amide bonds. The molecule has 2 nitrogen and oxygen atoms in total. The fourth-order valence-corrected chi connectivity index (χ4v) is 2.12. The van der Waals surface area contributed by atoms with Gasteiger partial charge in [0.1, 0.15) is 0 Å². The zero-order valence-electron chi connectivity index (χ0n) is 9.98. The Kier molecular flexibility index (Phi) is 5.05. The number of nitrogens with one attached hydrogen (secondary N) is 1. The molecule has 1 heterocycles. The van der Waals surface area contributed by atoms with Gasteiger partial charge in [-0.3, -0.25) is 4.90 Å². The van der Waals surface area contributed by atoms with E-state index in [1.54, 1.807) is 0 Å². The van der Waals surface area contributed by atoms with E-state index in [1.165, 1.54) is 0 Å². The van der Waals surface area contributed by atoms with Crippen LogP contribution in [0.1, 0.15) is 33.1 Å².